The summed E-state index contributed by atoms with van der Waals surface area (Å²) in [5.41, 5.74) is 4.71. The van der Waals surface area contributed by atoms with Crippen molar-refractivity contribution in [3.8, 4) is 0 Å². The first-order valence-corrected chi connectivity index (χ1v) is 8.17. The van der Waals surface area contributed by atoms with E-state index in [0.29, 0.717) is 11.8 Å². The molecule has 21 heavy (non-hydrogen) atoms. The second-order valence-corrected chi connectivity index (χ2v) is 6.38. The zero-order valence-electron chi connectivity index (χ0n) is 12.7. The molecule has 0 heterocycles. The van der Waals surface area contributed by atoms with Crippen molar-refractivity contribution in [1.82, 2.24) is 5.43 Å². The van der Waals surface area contributed by atoms with Crippen LogP contribution in [0.3, 0.4) is 0 Å². The van der Waals surface area contributed by atoms with Crippen LogP contribution in [-0.4, -0.2) is 11.6 Å². The number of rotatable bonds is 3. The number of amides is 1. The Labute approximate surface area is 126 Å². The van der Waals surface area contributed by atoms with Crippen LogP contribution >= 0.6 is 0 Å². The van der Waals surface area contributed by atoms with Crippen LogP contribution in [0.5, 0.6) is 0 Å². The fraction of sp³-hybridized carbons (Fsp3) is 0.556. The third-order valence-corrected chi connectivity index (χ3v) is 4.98. The molecule has 112 valence electrons. The Morgan fingerprint density at radius 3 is 2.29 bits per heavy atom. The van der Waals surface area contributed by atoms with Gasteiger partial charge in [-0.3, -0.25) is 4.79 Å². The van der Waals surface area contributed by atoms with Crippen LogP contribution in [0.4, 0.5) is 0 Å². The lowest BCUT2D eigenvalue weighted by Crippen LogP contribution is -2.22. The van der Waals surface area contributed by atoms with E-state index in [4.69, 9.17) is 0 Å². The van der Waals surface area contributed by atoms with E-state index in [1.165, 1.54) is 38.5 Å². The molecule has 1 N–H and O–H groups in total. The summed E-state index contributed by atoms with van der Waals surface area (Å²) in [6.45, 7) is 1.94. The zero-order valence-corrected chi connectivity index (χ0v) is 12.7. The second kappa shape index (κ2) is 6.42. The third-order valence-electron chi connectivity index (χ3n) is 4.98. The summed E-state index contributed by atoms with van der Waals surface area (Å²) in [7, 11) is 0. The molecule has 2 aliphatic rings. The predicted octanol–water partition coefficient (Wildman–Crippen LogP) is 3.74. The maximum atomic E-state index is 12.3. The molecule has 0 aliphatic heterocycles. The minimum Gasteiger partial charge on any atom is -0.273 e. The Morgan fingerprint density at radius 2 is 1.67 bits per heavy atom. The average Bonchev–Trinajstić information content (AvgIpc) is 3.16. The van der Waals surface area contributed by atoms with Gasteiger partial charge >= 0.3 is 0 Å². The number of carbonyl (C=O) groups excluding carboxylic acids is 1. The summed E-state index contributed by atoms with van der Waals surface area (Å²) in [5.74, 6) is 1.59. The van der Waals surface area contributed by atoms with Crippen molar-refractivity contribution in [1.29, 1.82) is 0 Å². The van der Waals surface area contributed by atoms with Gasteiger partial charge in [0.25, 0.3) is 0 Å². The number of carbonyl (C=O) groups is 1. The lowest BCUT2D eigenvalue weighted by Gasteiger charge is -2.04. The quantitative estimate of drug-likeness (QED) is 0.666. The highest BCUT2D eigenvalue weighted by Crippen LogP contribution is 2.53. The van der Waals surface area contributed by atoms with E-state index in [0.717, 1.165) is 11.3 Å². The van der Waals surface area contributed by atoms with E-state index in [1.807, 2.05) is 37.3 Å². The molecule has 2 saturated carbocycles. The van der Waals surface area contributed by atoms with Gasteiger partial charge in [-0.2, -0.15) is 5.10 Å². The van der Waals surface area contributed by atoms with Crippen LogP contribution in [0.2, 0.25) is 0 Å². The number of fused-ring (bicyclic) bond motifs is 1. The zero-order chi connectivity index (χ0) is 14.7. The Kier molecular flexibility index (Phi) is 4.37. The lowest BCUT2D eigenvalue weighted by atomic mass is 10.0. The minimum atomic E-state index is 0.127. The Balaban J connectivity index is 1.57. The predicted molar refractivity (Wildman–Crippen MR) is 85.0 cm³/mol. The summed E-state index contributed by atoms with van der Waals surface area (Å²) in [5, 5.41) is 4.28. The summed E-state index contributed by atoms with van der Waals surface area (Å²) in [6, 6.07) is 9.97. The molecule has 0 saturated heterocycles. The molecule has 0 radical (unpaired) electrons. The first-order valence-electron chi connectivity index (χ1n) is 8.17. The second-order valence-electron chi connectivity index (χ2n) is 6.38. The van der Waals surface area contributed by atoms with E-state index in [2.05, 4.69) is 10.5 Å². The lowest BCUT2D eigenvalue weighted by molar-refractivity contribution is -0.122. The van der Waals surface area contributed by atoms with E-state index in [9.17, 15) is 4.79 Å². The number of hydrogen-bond donors (Lipinski definition) is 1. The van der Waals surface area contributed by atoms with Crippen molar-refractivity contribution < 1.29 is 4.79 Å². The van der Waals surface area contributed by atoms with Gasteiger partial charge in [0.15, 0.2) is 0 Å². The van der Waals surface area contributed by atoms with E-state index in [1.54, 1.807) is 0 Å². The van der Waals surface area contributed by atoms with Crippen LogP contribution in [-0.2, 0) is 4.79 Å². The molecular weight excluding hydrogens is 260 g/mol. The van der Waals surface area contributed by atoms with Crippen molar-refractivity contribution in [3.05, 3.63) is 35.9 Å². The normalized spacial score (nSPS) is 29.0. The summed E-state index contributed by atoms with van der Waals surface area (Å²) < 4.78 is 0. The molecule has 2 fully saturated rings. The highest BCUT2D eigenvalue weighted by molar-refractivity contribution is 5.99. The molecule has 1 amide bonds. The molecular formula is C18H24N2O. The van der Waals surface area contributed by atoms with Gasteiger partial charge in [-0.25, -0.2) is 5.43 Å². The smallest absolute Gasteiger partial charge is 0.243 e. The maximum Gasteiger partial charge on any atom is 0.243 e. The summed E-state index contributed by atoms with van der Waals surface area (Å²) >= 11 is 0. The molecule has 0 spiro atoms. The van der Waals surface area contributed by atoms with Gasteiger partial charge in [0.2, 0.25) is 5.91 Å². The van der Waals surface area contributed by atoms with Crippen LogP contribution in [0, 0.1) is 17.8 Å². The maximum absolute atomic E-state index is 12.3. The average molecular weight is 284 g/mol. The fourth-order valence-corrected chi connectivity index (χ4v) is 3.69. The monoisotopic (exact) mass is 284 g/mol. The summed E-state index contributed by atoms with van der Waals surface area (Å²) in [4.78, 5) is 12.3. The summed E-state index contributed by atoms with van der Waals surface area (Å²) in [6.07, 6.45) is 7.70. The van der Waals surface area contributed by atoms with Crippen LogP contribution in [0.1, 0.15) is 51.0 Å². The molecule has 3 rings (SSSR count). The number of nitrogens with zero attached hydrogens (tertiary/aromatic N) is 1. The molecule has 2 aliphatic carbocycles. The van der Waals surface area contributed by atoms with Gasteiger partial charge < -0.3 is 0 Å². The fourth-order valence-electron chi connectivity index (χ4n) is 3.69. The van der Waals surface area contributed by atoms with Gasteiger partial charge in [0.1, 0.15) is 0 Å². The van der Waals surface area contributed by atoms with E-state index in [-0.39, 0.29) is 11.8 Å². The topological polar surface area (TPSA) is 41.5 Å². The van der Waals surface area contributed by atoms with Gasteiger partial charge in [-0.05, 0) is 37.2 Å². The molecule has 2 unspecified atom stereocenters. The molecule has 1 aromatic carbocycles. The largest absolute Gasteiger partial charge is 0.273 e. The van der Waals surface area contributed by atoms with Gasteiger partial charge in [0, 0.05) is 5.92 Å². The minimum absolute atomic E-state index is 0.127. The third kappa shape index (κ3) is 3.34. The number of benzene rings is 1. The van der Waals surface area contributed by atoms with Gasteiger partial charge in [-0.15, -0.1) is 0 Å². The van der Waals surface area contributed by atoms with Crippen LogP contribution in [0.25, 0.3) is 0 Å². The Hall–Kier alpha value is -1.64. The molecule has 3 nitrogen and oxygen atoms in total. The van der Waals surface area contributed by atoms with Crippen molar-refractivity contribution in [2.45, 2.75) is 45.4 Å². The standard InChI is InChI=1S/C18H24N2O/c1-13(14-9-5-4-6-10-14)19-20-18(21)17-15-11-7-2-3-8-12-16(15)17/h4-6,9-10,15-17H,2-3,7-8,11-12H2,1H3,(H,20,21)/b19-13+. The SMILES string of the molecule is C/C(=N\NC(=O)C1C2CCCCCCC21)c1ccccc1. The van der Waals surface area contributed by atoms with E-state index < -0.39 is 0 Å². The van der Waals surface area contributed by atoms with Crippen LogP contribution < -0.4 is 5.43 Å². The van der Waals surface area contributed by atoms with Crippen molar-refractivity contribution >= 4 is 11.6 Å². The molecule has 3 heteroatoms. The molecule has 0 bridgehead atoms. The van der Waals surface area contributed by atoms with Crippen molar-refractivity contribution in [3.63, 3.8) is 0 Å². The highest BCUT2D eigenvalue weighted by Gasteiger charge is 2.53. The van der Waals surface area contributed by atoms with Gasteiger partial charge in [0.05, 0.1) is 5.71 Å². The van der Waals surface area contributed by atoms with Crippen LogP contribution in [0.15, 0.2) is 35.4 Å². The highest BCUT2D eigenvalue weighted by atomic mass is 16.2. The Bertz CT molecular complexity index is 509. The molecule has 1 aromatic rings. The molecule has 2 atom stereocenters. The number of hydrazone groups is 1. The first kappa shape index (κ1) is 14.3. The van der Waals surface area contributed by atoms with E-state index >= 15 is 0 Å². The first-order chi connectivity index (χ1) is 10.3. The molecule has 0 aromatic heterocycles. The van der Waals surface area contributed by atoms with Crippen molar-refractivity contribution in [2.24, 2.45) is 22.9 Å². The number of nitrogens with one attached hydrogen (secondary N) is 1. The van der Waals surface area contributed by atoms with Gasteiger partial charge in [-0.1, -0.05) is 56.0 Å². The van der Waals surface area contributed by atoms with Crippen molar-refractivity contribution in [2.75, 3.05) is 0 Å². The Morgan fingerprint density at radius 1 is 1.05 bits per heavy atom. The number of hydrogen-bond acceptors (Lipinski definition) is 2.